The fraction of sp³-hybridized carbons (Fsp3) is 0.429. The summed E-state index contributed by atoms with van der Waals surface area (Å²) in [7, 11) is 0. The summed E-state index contributed by atoms with van der Waals surface area (Å²) in [5.41, 5.74) is -0.855. The molecule has 0 bridgehead atoms. The van der Waals surface area contributed by atoms with E-state index in [1.807, 2.05) is 0 Å². The molecule has 0 radical (unpaired) electrons. The first-order valence-corrected chi connectivity index (χ1v) is 6.33. The highest BCUT2D eigenvalue weighted by atomic mass is 19.1. The van der Waals surface area contributed by atoms with Gasteiger partial charge in [-0.3, -0.25) is 4.79 Å². The molecule has 0 aliphatic heterocycles. The number of fused-ring (bicyclic) bond motifs is 1. The number of nitrogens with zero attached hydrogens (tertiary/aromatic N) is 2. The number of halogens is 1. The minimum absolute atomic E-state index is 0.0335. The van der Waals surface area contributed by atoms with Gasteiger partial charge in [0.15, 0.2) is 0 Å². The van der Waals surface area contributed by atoms with Gasteiger partial charge in [-0.1, -0.05) is 0 Å². The quantitative estimate of drug-likeness (QED) is 0.849. The van der Waals surface area contributed by atoms with Crippen molar-refractivity contribution in [2.24, 2.45) is 0 Å². The smallest absolute Gasteiger partial charge is 0.419 e. The van der Waals surface area contributed by atoms with E-state index in [1.54, 1.807) is 32.9 Å². The third-order valence-corrected chi connectivity index (χ3v) is 2.73. The van der Waals surface area contributed by atoms with Crippen molar-refractivity contribution in [3.8, 4) is 0 Å². The maximum absolute atomic E-state index is 12.4. The van der Waals surface area contributed by atoms with Crippen LogP contribution < -0.4 is 5.56 Å². The molecule has 0 unspecified atom stereocenters. The van der Waals surface area contributed by atoms with Gasteiger partial charge in [-0.2, -0.15) is 0 Å². The van der Waals surface area contributed by atoms with Crippen molar-refractivity contribution in [1.82, 2.24) is 9.13 Å². The molecule has 0 aliphatic carbocycles. The number of carbonyl (C=O) groups is 1. The van der Waals surface area contributed by atoms with Gasteiger partial charge < -0.3 is 9.30 Å². The highest BCUT2D eigenvalue weighted by molar-refractivity contribution is 5.88. The predicted octanol–water partition coefficient (Wildman–Crippen LogP) is 2.56. The Hall–Kier alpha value is -2.11. The molecule has 0 fully saturated rings. The SMILES string of the molecule is CC(C)(C)OC(=O)n1ccc2ccn(CCF)c(=O)c21. The van der Waals surface area contributed by atoms with Crippen LogP contribution >= 0.6 is 0 Å². The number of hydrogen-bond acceptors (Lipinski definition) is 3. The van der Waals surface area contributed by atoms with Gasteiger partial charge in [0.25, 0.3) is 5.56 Å². The van der Waals surface area contributed by atoms with Crippen LogP contribution in [0.2, 0.25) is 0 Å². The van der Waals surface area contributed by atoms with E-state index in [4.69, 9.17) is 4.74 Å². The van der Waals surface area contributed by atoms with Crippen LogP contribution in [0.4, 0.5) is 9.18 Å². The first kappa shape index (κ1) is 14.3. The third-order valence-electron chi connectivity index (χ3n) is 2.73. The topological polar surface area (TPSA) is 53.2 Å². The average molecular weight is 280 g/mol. The number of aromatic nitrogens is 2. The van der Waals surface area contributed by atoms with Gasteiger partial charge in [-0.05, 0) is 32.9 Å². The molecule has 0 amide bonds. The van der Waals surface area contributed by atoms with E-state index in [2.05, 4.69) is 0 Å². The van der Waals surface area contributed by atoms with E-state index >= 15 is 0 Å². The summed E-state index contributed by atoms with van der Waals surface area (Å²) in [5.74, 6) is 0. The van der Waals surface area contributed by atoms with Crippen molar-refractivity contribution >= 4 is 17.0 Å². The standard InChI is InChI=1S/C14H17FN2O3/c1-14(2,3)20-13(19)17-8-5-10-4-7-16(9-6-15)12(18)11(10)17/h4-5,7-8H,6,9H2,1-3H3. The minimum Gasteiger partial charge on any atom is -0.443 e. The lowest BCUT2D eigenvalue weighted by Crippen LogP contribution is -2.29. The molecule has 6 heteroatoms. The van der Waals surface area contributed by atoms with E-state index in [9.17, 15) is 14.0 Å². The van der Waals surface area contributed by atoms with Crippen LogP contribution in [0.25, 0.3) is 10.9 Å². The van der Waals surface area contributed by atoms with Crippen LogP contribution in [0.5, 0.6) is 0 Å². The maximum Gasteiger partial charge on any atom is 0.419 e. The Labute approximate surface area is 115 Å². The summed E-state index contributed by atoms with van der Waals surface area (Å²) < 4.78 is 20.1. The molecule has 2 aromatic rings. The summed E-state index contributed by atoms with van der Waals surface area (Å²) >= 11 is 0. The second kappa shape index (κ2) is 5.11. The number of aryl methyl sites for hydroxylation is 1. The second-order valence-corrected chi connectivity index (χ2v) is 5.47. The van der Waals surface area contributed by atoms with Crippen molar-refractivity contribution < 1.29 is 13.9 Å². The Kier molecular flexibility index (Phi) is 3.65. The number of pyridine rings is 1. The Morgan fingerprint density at radius 3 is 2.55 bits per heavy atom. The first-order chi connectivity index (χ1) is 9.33. The minimum atomic E-state index is -0.652. The van der Waals surface area contributed by atoms with Crippen LogP contribution in [0.15, 0.2) is 29.3 Å². The summed E-state index contributed by atoms with van der Waals surface area (Å²) in [4.78, 5) is 24.3. The van der Waals surface area contributed by atoms with Crippen molar-refractivity contribution in [2.45, 2.75) is 32.9 Å². The van der Waals surface area contributed by atoms with Crippen molar-refractivity contribution in [2.75, 3.05) is 6.67 Å². The molecule has 0 saturated carbocycles. The molecule has 0 N–H and O–H groups in total. The molecule has 2 rings (SSSR count). The zero-order valence-electron chi connectivity index (χ0n) is 11.7. The number of carbonyl (C=O) groups excluding carboxylic acids is 1. The summed E-state index contributed by atoms with van der Waals surface area (Å²) in [6, 6.07) is 3.33. The average Bonchev–Trinajstić information content (AvgIpc) is 2.75. The van der Waals surface area contributed by atoms with E-state index in [0.29, 0.717) is 5.39 Å². The molecular weight excluding hydrogens is 263 g/mol. The molecule has 20 heavy (non-hydrogen) atoms. The van der Waals surface area contributed by atoms with Gasteiger partial charge in [0.05, 0.1) is 6.54 Å². The van der Waals surface area contributed by atoms with Gasteiger partial charge in [-0.15, -0.1) is 0 Å². The van der Waals surface area contributed by atoms with Crippen molar-refractivity contribution in [3.63, 3.8) is 0 Å². The lowest BCUT2D eigenvalue weighted by molar-refractivity contribution is 0.0544. The molecule has 2 aromatic heterocycles. The van der Waals surface area contributed by atoms with Crippen molar-refractivity contribution in [1.29, 1.82) is 0 Å². The molecule has 5 nitrogen and oxygen atoms in total. The summed E-state index contributed by atoms with van der Waals surface area (Å²) in [5, 5.41) is 0.621. The summed E-state index contributed by atoms with van der Waals surface area (Å²) in [6.45, 7) is 4.57. The number of alkyl halides is 1. The van der Waals surface area contributed by atoms with E-state index in [-0.39, 0.29) is 12.1 Å². The second-order valence-electron chi connectivity index (χ2n) is 5.47. The Bertz CT molecular complexity index is 694. The van der Waals surface area contributed by atoms with Crippen LogP contribution in [0.1, 0.15) is 20.8 Å². The maximum atomic E-state index is 12.4. The van der Waals surface area contributed by atoms with Gasteiger partial charge in [0.2, 0.25) is 0 Å². The van der Waals surface area contributed by atoms with Crippen molar-refractivity contribution in [3.05, 3.63) is 34.9 Å². The molecule has 108 valence electrons. The first-order valence-electron chi connectivity index (χ1n) is 6.33. The fourth-order valence-electron chi connectivity index (χ4n) is 1.91. The monoisotopic (exact) mass is 280 g/mol. The van der Waals surface area contributed by atoms with Gasteiger partial charge >= 0.3 is 6.09 Å². The molecule has 0 spiro atoms. The van der Waals surface area contributed by atoms with Crippen LogP contribution in [-0.4, -0.2) is 27.5 Å². The Morgan fingerprint density at radius 2 is 1.95 bits per heavy atom. The molecule has 0 aliphatic rings. The Balaban J connectivity index is 2.52. The number of rotatable bonds is 2. The number of hydrogen-bond donors (Lipinski definition) is 0. The normalized spacial score (nSPS) is 11.8. The lowest BCUT2D eigenvalue weighted by atomic mass is 10.2. The predicted molar refractivity (Wildman–Crippen MR) is 73.8 cm³/mol. The van der Waals surface area contributed by atoms with E-state index < -0.39 is 23.9 Å². The van der Waals surface area contributed by atoms with E-state index in [1.165, 1.54) is 17.0 Å². The molecule has 0 saturated heterocycles. The van der Waals surface area contributed by atoms with Crippen LogP contribution in [0.3, 0.4) is 0 Å². The zero-order valence-corrected chi connectivity index (χ0v) is 11.7. The largest absolute Gasteiger partial charge is 0.443 e. The van der Waals surface area contributed by atoms with Gasteiger partial charge in [0, 0.05) is 17.8 Å². The lowest BCUT2D eigenvalue weighted by Gasteiger charge is -2.19. The van der Waals surface area contributed by atoms with Crippen LogP contribution in [-0.2, 0) is 11.3 Å². The highest BCUT2D eigenvalue weighted by Gasteiger charge is 2.20. The third kappa shape index (κ3) is 2.74. The zero-order chi connectivity index (χ0) is 14.9. The van der Waals surface area contributed by atoms with Crippen LogP contribution in [0, 0.1) is 0 Å². The molecular formula is C14H17FN2O3. The Morgan fingerprint density at radius 1 is 1.30 bits per heavy atom. The van der Waals surface area contributed by atoms with Gasteiger partial charge in [0.1, 0.15) is 17.8 Å². The summed E-state index contributed by atoms with van der Waals surface area (Å²) in [6.07, 6.45) is 2.38. The molecule has 0 atom stereocenters. The van der Waals surface area contributed by atoms with E-state index in [0.717, 1.165) is 4.57 Å². The molecule has 2 heterocycles. The fourth-order valence-corrected chi connectivity index (χ4v) is 1.91. The number of ether oxygens (including phenoxy) is 1. The van der Waals surface area contributed by atoms with Gasteiger partial charge in [-0.25, -0.2) is 13.8 Å². The highest BCUT2D eigenvalue weighted by Crippen LogP contribution is 2.15. The molecule has 0 aromatic carbocycles.